The molecule has 0 atom stereocenters. The predicted molar refractivity (Wildman–Crippen MR) is 82.8 cm³/mol. The number of allylic oxidation sites excluding steroid dienone is 1. The molecule has 2 aromatic rings. The largest absolute Gasteiger partial charge is 0.462 e. The van der Waals surface area contributed by atoms with E-state index >= 15 is 0 Å². The Morgan fingerprint density at radius 1 is 1.47 bits per heavy atom. The number of carbonyl (C=O) groups is 1. The summed E-state index contributed by atoms with van der Waals surface area (Å²) in [5.74, 6) is 1.56. The van der Waals surface area contributed by atoms with E-state index in [0.29, 0.717) is 5.76 Å². The van der Waals surface area contributed by atoms with E-state index in [4.69, 9.17) is 4.42 Å². The van der Waals surface area contributed by atoms with Crippen molar-refractivity contribution in [3.05, 3.63) is 50.0 Å². The molecule has 2 heterocycles. The standard InChI is InChI=1S/C15H15BrO2S/c1-3-4-14-12(16)9-15(19-14)13(17)8-7-11-6-5-10(2)18-11/h5-9H,3-4H2,1-2H3/b8-7+. The Kier molecular flexibility index (Phi) is 4.77. The fraction of sp³-hybridized carbons (Fsp3) is 0.267. The number of thiophene rings is 1. The Labute approximate surface area is 125 Å². The minimum Gasteiger partial charge on any atom is -0.462 e. The minimum atomic E-state index is 0.0158. The molecule has 2 nitrogen and oxygen atoms in total. The van der Waals surface area contributed by atoms with E-state index in [1.165, 1.54) is 4.88 Å². The second-order valence-corrected chi connectivity index (χ2v) is 6.27. The Morgan fingerprint density at radius 3 is 2.89 bits per heavy atom. The molecule has 0 unspecified atom stereocenters. The monoisotopic (exact) mass is 338 g/mol. The van der Waals surface area contributed by atoms with Crippen molar-refractivity contribution in [2.45, 2.75) is 26.7 Å². The maximum atomic E-state index is 12.1. The fourth-order valence-electron chi connectivity index (χ4n) is 1.71. The molecule has 0 bridgehead atoms. The highest BCUT2D eigenvalue weighted by molar-refractivity contribution is 9.10. The lowest BCUT2D eigenvalue weighted by Crippen LogP contribution is -1.88. The molecule has 2 rings (SSSR count). The molecule has 0 amide bonds. The first-order chi connectivity index (χ1) is 9.10. The number of carbonyl (C=O) groups excluding carboxylic acids is 1. The molecule has 0 saturated heterocycles. The summed E-state index contributed by atoms with van der Waals surface area (Å²) in [7, 11) is 0. The van der Waals surface area contributed by atoms with Gasteiger partial charge in [0.15, 0.2) is 5.78 Å². The predicted octanol–water partition coefficient (Wildman–Crippen LogP) is 5.26. The SMILES string of the molecule is CCCc1sc(C(=O)/C=C/c2ccc(C)o2)cc1Br. The van der Waals surface area contributed by atoms with Gasteiger partial charge in [-0.1, -0.05) is 13.3 Å². The number of rotatable bonds is 5. The fourth-order valence-corrected chi connectivity index (χ4v) is 3.60. The van der Waals surface area contributed by atoms with E-state index in [-0.39, 0.29) is 5.78 Å². The molecule has 0 N–H and O–H groups in total. The first-order valence-electron chi connectivity index (χ1n) is 6.17. The summed E-state index contributed by atoms with van der Waals surface area (Å²) in [5.41, 5.74) is 0. The number of hydrogen-bond acceptors (Lipinski definition) is 3. The van der Waals surface area contributed by atoms with Gasteiger partial charge in [-0.05, 0) is 59.6 Å². The van der Waals surface area contributed by atoms with E-state index < -0.39 is 0 Å². The molecule has 0 aromatic carbocycles. The number of ketones is 1. The zero-order valence-corrected chi connectivity index (χ0v) is 13.3. The summed E-state index contributed by atoms with van der Waals surface area (Å²) in [4.78, 5) is 14.0. The van der Waals surface area contributed by atoms with Crippen molar-refractivity contribution in [3.63, 3.8) is 0 Å². The Hall–Kier alpha value is -1.13. The average Bonchev–Trinajstić information content (AvgIpc) is 2.94. The maximum Gasteiger partial charge on any atom is 0.195 e. The van der Waals surface area contributed by atoms with Gasteiger partial charge in [-0.3, -0.25) is 4.79 Å². The quantitative estimate of drug-likeness (QED) is 0.549. The van der Waals surface area contributed by atoms with Gasteiger partial charge in [0, 0.05) is 9.35 Å². The number of furan rings is 1. The lowest BCUT2D eigenvalue weighted by Gasteiger charge is -1.91. The third-order valence-electron chi connectivity index (χ3n) is 2.64. The highest BCUT2D eigenvalue weighted by atomic mass is 79.9. The summed E-state index contributed by atoms with van der Waals surface area (Å²) < 4.78 is 6.42. The van der Waals surface area contributed by atoms with E-state index in [9.17, 15) is 4.79 Å². The van der Waals surface area contributed by atoms with Gasteiger partial charge < -0.3 is 4.42 Å². The third kappa shape index (κ3) is 3.67. The highest BCUT2D eigenvalue weighted by Gasteiger charge is 2.10. The average molecular weight is 339 g/mol. The second-order valence-electron chi connectivity index (χ2n) is 4.28. The van der Waals surface area contributed by atoms with Crippen LogP contribution in [0.3, 0.4) is 0 Å². The summed E-state index contributed by atoms with van der Waals surface area (Å²) in [6, 6.07) is 5.63. The third-order valence-corrected chi connectivity index (χ3v) is 4.82. The molecule has 0 aliphatic heterocycles. The van der Waals surface area contributed by atoms with Crippen molar-refractivity contribution in [3.8, 4) is 0 Å². The van der Waals surface area contributed by atoms with Crippen LogP contribution in [0.1, 0.15) is 39.4 Å². The maximum absolute atomic E-state index is 12.1. The van der Waals surface area contributed by atoms with Gasteiger partial charge in [-0.25, -0.2) is 0 Å². The number of aryl methyl sites for hydroxylation is 2. The van der Waals surface area contributed by atoms with Crippen molar-refractivity contribution in [1.82, 2.24) is 0 Å². The molecule has 0 saturated carbocycles. The van der Waals surface area contributed by atoms with Crippen LogP contribution in [-0.4, -0.2) is 5.78 Å². The second kappa shape index (κ2) is 6.35. The van der Waals surface area contributed by atoms with Gasteiger partial charge in [0.2, 0.25) is 0 Å². The van der Waals surface area contributed by atoms with Crippen LogP contribution in [0.5, 0.6) is 0 Å². The van der Waals surface area contributed by atoms with Crippen molar-refractivity contribution < 1.29 is 9.21 Å². The van der Waals surface area contributed by atoms with Gasteiger partial charge in [0.05, 0.1) is 4.88 Å². The molecule has 0 radical (unpaired) electrons. The van der Waals surface area contributed by atoms with Gasteiger partial charge in [-0.2, -0.15) is 0 Å². The Balaban J connectivity index is 2.11. The zero-order valence-electron chi connectivity index (χ0n) is 10.9. The lowest BCUT2D eigenvalue weighted by molar-refractivity contribution is 0.105. The molecule has 100 valence electrons. The number of halogens is 1. The molecular weight excluding hydrogens is 324 g/mol. The van der Waals surface area contributed by atoms with Crippen molar-refractivity contribution in [1.29, 1.82) is 0 Å². The Bertz CT molecular complexity index is 607. The zero-order chi connectivity index (χ0) is 13.8. The number of hydrogen-bond donors (Lipinski definition) is 0. The van der Waals surface area contributed by atoms with Crippen LogP contribution in [0.2, 0.25) is 0 Å². The molecule has 0 aliphatic carbocycles. The first-order valence-corrected chi connectivity index (χ1v) is 7.78. The smallest absolute Gasteiger partial charge is 0.195 e. The molecule has 0 fully saturated rings. The van der Waals surface area contributed by atoms with E-state index in [2.05, 4.69) is 22.9 Å². The topological polar surface area (TPSA) is 30.2 Å². The first kappa shape index (κ1) is 14.3. The van der Waals surface area contributed by atoms with Crippen molar-refractivity contribution >= 4 is 39.1 Å². The van der Waals surface area contributed by atoms with E-state index in [0.717, 1.165) is 28.0 Å². The summed E-state index contributed by atoms with van der Waals surface area (Å²) >= 11 is 5.06. The lowest BCUT2D eigenvalue weighted by atomic mass is 10.2. The van der Waals surface area contributed by atoms with E-state index in [1.807, 2.05) is 25.1 Å². The molecule has 4 heteroatoms. The van der Waals surface area contributed by atoms with Crippen LogP contribution in [0.4, 0.5) is 0 Å². The van der Waals surface area contributed by atoms with Crippen LogP contribution in [-0.2, 0) is 6.42 Å². The molecule has 0 spiro atoms. The van der Waals surface area contributed by atoms with Crippen molar-refractivity contribution in [2.24, 2.45) is 0 Å². The summed E-state index contributed by atoms with van der Waals surface area (Å²) in [6.07, 6.45) is 5.35. The highest BCUT2D eigenvalue weighted by Crippen LogP contribution is 2.29. The molecule has 0 aliphatic rings. The minimum absolute atomic E-state index is 0.0158. The van der Waals surface area contributed by atoms with Crippen LogP contribution < -0.4 is 0 Å². The van der Waals surface area contributed by atoms with Crippen LogP contribution >= 0.6 is 27.3 Å². The Morgan fingerprint density at radius 2 is 2.26 bits per heavy atom. The van der Waals surface area contributed by atoms with Crippen LogP contribution in [0, 0.1) is 6.92 Å². The molecule has 2 aromatic heterocycles. The van der Waals surface area contributed by atoms with Crippen LogP contribution in [0.25, 0.3) is 6.08 Å². The van der Waals surface area contributed by atoms with Gasteiger partial charge in [0.25, 0.3) is 0 Å². The molecular formula is C15H15BrO2S. The molecule has 19 heavy (non-hydrogen) atoms. The van der Waals surface area contributed by atoms with Gasteiger partial charge in [0.1, 0.15) is 11.5 Å². The van der Waals surface area contributed by atoms with Crippen molar-refractivity contribution in [2.75, 3.05) is 0 Å². The summed E-state index contributed by atoms with van der Waals surface area (Å²) in [6.45, 7) is 4.01. The normalized spacial score (nSPS) is 11.3. The summed E-state index contributed by atoms with van der Waals surface area (Å²) in [5, 5.41) is 0. The van der Waals surface area contributed by atoms with E-state index in [1.54, 1.807) is 23.5 Å². The van der Waals surface area contributed by atoms with Crippen LogP contribution in [0.15, 0.2) is 33.2 Å². The van der Waals surface area contributed by atoms with Gasteiger partial charge >= 0.3 is 0 Å². The van der Waals surface area contributed by atoms with Gasteiger partial charge in [-0.15, -0.1) is 11.3 Å².